The summed E-state index contributed by atoms with van der Waals surface area (Å²) < 4.78 is 1.72. The van der Waals surface area contributed by atoms with Crippen LogP contribution in [0.3, 0.4) is 0 Å². The van der Waals surface area contributed by atoms with Crippen molar-refractivity contribution < 1.29 is 9.90 Å². The standard InChI is InChI=1S/C19H23N3O2S/c23-9-8-21-12-16(11-20-21)18-10-15(13-25-18)19(24)22-7-3-5-14-4-1-2-6-17(14)22/h6,10-14,23H,1-5,7-9H2. The monoisotopic (exact) mass is 357 g/mol. The number of aliphatic hydroxyl groups excluding tert-OH is 1. The number of hydrogen-bond acceptors (Lipinski definition) is 4. The first-order chi connectivity index (χ1) is 12.3. The minimum Gasteiger partial charge on any atom is -0.394 e. The van der Waals surface area contributed by atoms with Gasteiger partial charge in [-0.15, -0.1) is 11.3 Å². The Kier molecular flexibility index (Phi) is 4.72. The summed E-state index contributed by atoms with van der Waals surface area (Å²) in [6.45, 7) is 1.39. The number of aliphatic hydroxyl groups is 1. The fourth-order valence-corrected chi connectivity index (χ4v) is 4.73. The SMILES string of the molecule is O=C(c1csc(-c2cnn(CCO)c2)c1)N1CCCC2CCCC=C21. The van der Waals surface area contributed by atoms with Gasteiger partial charge in [0, 0.05) is 34.3 Å². The van der Waals surface area contributed by atoms with Crippen LogP contribution in [0.25, 0.3) is 10.4 Å². The number of nitrogens with zero attached hydrogens (tertiary/aromatic N) is 3. The van der Waals surface area contributed by atoms with Crippen LogP contribution in [-0.4, -0.2) is 38.8 Å². The largest absolute Gasteiger partial charge is 0.394 e. The molecule has 0 radical (unpaired) electrons. The molecule has 1 unspecified atom stereocenters. The first kappa shape index (κ1) is 16.5. The van der Waals surface area contributed by atoms with Gasteiger partial charge in [-0.3, -0.25) is 9.48 Å². The summed E-state index contributed by atoms with van der Waals surface area (Å²) in [7, 11) is 0. The van der Waals surface area contributed by atoms with Crippen LogP contribution in [0.1, 0.15) is 42.5 Å². The topological polar surface area (TPSA) is 58.4 Å². The number of fused-ring (bicyclic) bond motifs is 1. The Morgan fingerprint density at radius 2 is 2.24 bits per heavy atom. The molecule has 2 aliphatic rings. The van der Waals surface area contributed by atoms with E-state index in [0.29, 0.717) is 12.5 Å². The van der Waals surface area contributed by atoms with Crippen LogP contribution in [0, 0.1) is 5.92 Å². The van der Waals surface area contributed by atoms with E-state index in [4.69, 9.17) is 5.11 Å². The highest BCUT2D eigenvalue weighted by Gasteiger charge is 2.31. The Balaban J connectivity index is 1.54. The van der Waals surface area contributed by atoms with Gasteiger partial charge in [-0.05, 0) is 44.1 Å². The molecule has 5 nitrogen and oxygen atoms in total. The summed E-state index contributed by atoms with van der Waals surface area (Å²) in [5.41, 5.74) is 3.01. The van der Waals surface area contributed by atoms with E-state index in [9.17, 15) is 4.79 Å². The van der Waals surface area contributed by atoms with E-state index in [1.165, 1.54) is 25.0 Å². The third-order valence-electron chi connectivity index (χ3n) is 5.11. The number of thiophene rings is 1. The molecule has 6 heteroatoms. The predicted octanol–water partition coefficient (Wildman–Crippen LogP) is 3.52. The highest BCUT2D eigenvalue weighted by Crippen LogP contribution is 2.36. The molecule has 0 aromatic carbocycles. The molecular formula is C19H23N3O2S. The first-order valence-corrected chi connectivity index (χ1v) is 9.88. The zero-order valence-corrected chi connectivity index (χ0v) is 15.0. The van der Waals surface area contributed by atoms with Crippen LogP contribution in [0.4, 0.5) is 0 Å². The second-order valence-corrected chi connectivity index (χ2v) is 7.68. The van der Waals surface area contributed by atoms with Crippen molar-refractivity contribution in [2.45, 2.75) is 38.6 Å². The van der Waals surface area contributed by atoms with Crippen molar-refractivity contribution in [3.63, 3.8) is 0 Å². The van der Waals surface area contributed by atoms with E-state index in [2.05, 4.69) is 11.2 Å². The Labute approximate surface area is 151 Å². The molecule has 1 fully saturated rings. The molecule has 1 saturated heterocycles. The van der Waals surface area contributed by atoms with E-state index in [1.807, 2.05) is 22.5 Å². The Morgan fingerprint density at radius 1 is 1.36 bits per heavy atom. The van der Waals surface area contributed by atoms with Gasteiger partial charge >= 0.3 is 0 Å². The third-order valence-corrected chi connectivity index (χ3v) is 6.09. The van der Waals surface area contributed by atoms with Crippen molar-refractivity contribution in [3.8, 4) is 10.4 Å². The fraction of sp³-hybridized carbons (Fsp3) is 0.474. The predicted molar refractivity (Wildman–Crippen MR) is 98.3 cm³/mol. The number of hydrogen-bond donors (Lipinski definition) is 1. The number of amides is 1. The zero-order chi connectivity index (χ0) is 17.2. The molecule has 1 aliphatic carbocycles. The Bertz CT molecular complexity index is 792. The molecular weight excluding hydrogens is 334 g/mol. The lowest BCUT2D eigenvalue weighted by Gasteiger charge is -2.37. The third kappa shape index (κ3) is 3.28. The molecule has 4 rings (SSSR count). The van der Waals surface area contributed by atoms with Crippen molar-refractivity contribution in [3.05, 3.63) is 41.2 Å². The highest BCUT2D eigenvalue weighted by atomic mass is 32.1. The molecule has 1 aliphatic heterocycles. The summed E-state index contributed by atoms with van der Waals surface area (Å²) >= 11 is 1.57. The second kappa shape index (κ2) is 7.14. The molecule has 0 spiro atoms. The van der Waals surface area contributed by atoms with E-state index >= 15 is 0 Å². The van der Waals surface area contributed by atoms with Crippen molar-refractivity contribution in [1.82, 2.24) is 14.7 Å². The summed E-state index contributed by atoms with van der Waals surface area (Å²) in [5.74, 6) is 0.698. The van der Waals surface area contributed by atoms with Gasteiger partial charge in [0.1, 0.15) is 0 Å². The molecule has 0 saturated carbocycles. The van der Waals surface area contributed by atoms with Gasteiger partial charge in [0.05, 0.1) is 24.9 Å². The minimum absolute atomic E-state index is 0.0700. The van der Waals surface area contributed by atoms with Crippen molar-refractivity contribution in [1.29, 1.82) is 0 Å². The van der Waals surface area contributed by atoms with Crippen molar-refractivity contribution >= 4 is 17.2 Å². The lowest BCUT2D eigenvalue weighted by Crippen LogP contribution is -2.38. The maximum absolute atomic E-state index is 13.0. The summed E-state index contributed by atoms with van der Waals surface area (Å²) in [6, 6.07) is 1.97. The van der Waals surface area contributed by atoms with Gasteiger partial charge in [-0.2, -0.15) is 5.10 Å². The van der Waals surface area contributed by atoms with E-state index in [1.54, 1.807) is 22.2 Å². The lowest BCUT2D eigenvalue weighted by molar-refractivity contribution is 0.0749. The first-order valence-electron chi connectivity index (χ1n) is 9.00. The number of likely N-dealkylation sites (tertiary alicyclic amines) is 1. The smallest absolute Gasteiger partial charge is 0.258 e. The van der Waals surface area contributed by atoms with Crippen LogP contribution in [0.2, 0.25) is 0 Å². The van der Waals surface area contributed by atoms with E-state index < -0.39 is 0 Å². The molecule has 132 valence electrons. The molecule has 1 atom stereocenters. The van der Waals surface area contributed by atoms with Gasteiger partial charge in [0.15, 0.2) is 0 Å². The maximum atomic E-state index is 13.0. The number of carbonyl (C=O) groups excluding carboxylic acids is 1. The molecule has 2 aromatic heterocycles. The van der Waals surface area contributed by atoms with Crippen LogP contribution < -0.4 is 0 Å². The summed E-state index contributed by atoms with van der Waals surface area (Å²) in [6.07, 6.45) is 11.8. The number of allylic oxidation sites excluding steroid dienone is 2. The molecule has 2 aromatic rings. The van der Waals surface area contributed by atoms with E-state index in [0.717, 1.165) is 35.4 Å². The highest BCUT2D eigenvalue weighted by molar-refractivity contribution is 7.13. The number of rotatable bonds is 4. The van der Waals surface area contributed by atoms with Crippen LogP contribution in [-0.2, 0) is 6.54 Å². The summed E-state index contributed by atoms with van der Waals surface area (Å²) in [4.78, 5) is 16.1. The number of piperidine rings is 1. The van der Waals surface area contributed by atoms with Gasteiger partial charge in [-0.1, -0.05) is 6.08 Å². The Morgan fingerprint density at radius 3 is 3.12 bits per heavy atom. The quantitative estimate of drug-likeness (QED) is 0.911. The average Bonchev–Trinajstić information content (AvgIpc) is 3.30. The molecule has 1 amide bonds. The van der Waals surface area contributed by atoms with Crippen LogP contribution >= 0.6 is 11.3 Å². The van der Waals surface area contributed by atoms with Crippen molar-refractivity contribution in [2.75, 3.05) is 13.2 Å². The second-order valence-electron chi connectivity index (χ2n) is 6.77. The fourth-order valence-electron chi connectivity index (χ4n) is 3.87. The van der Waals surface area contributed by atoms with Gasteiger partial charge < -0.3 is 10.0 Å². The Hall–Kier alpha value is -1.92. The van der Waals surface area contributed by atoms with Crippen molar-refractivity contribution in [2.24, 2.45) is 5.92 Å². The zero-order valence-electron chi connectivity index (χ0n) is 14.2. The maximum Gasteiger partial charge on any atom is 0.258 e. The molecule has 0 bridgehead atoms. The molecule has 25 heavy (non-hydrogen) atoms. The average molecular weight is 357 g/mol. The van der Waals surface area contributed by atoms with Crippen LogP contribution in [0.5, 0.6) is 0 Å². The van der Waals surface area contributed by atoms with Gasteiger partial charge in [-0.25, -0.2) is 0 Å². The number of aromatic nitrogens is 2. The molecule has 3 heterocycles. The lowest BCUT2D eigenvalue weighted by atomic mass is 9.84. The van der Waals surface area contributed by atoms with Gasteiger partial charge in [0.25, 0.3) is 5.91 Å². The number of carbonyl (C=O) groups is 1. The minimum atomic E-state index is 0.0700. The van der Waals surface area contributed by atoms with Crippen LogP contribution in [0.15, 0.2) is 35.6 Å². The molecule has 1 N–H and O–H groups in total. The normalized spacial score (nSPS) is 20.3. The van der Waals surface area contributed by atoms with E-state index in [-0.39, 0.29) is 12.5 Å². The van der Waals surface area contributed by atoms with Gasteiger partial charge in [0.2, 0.25) is 0 Å². The summed E-state index contributed by atoms with van der Waals surface area (Å²) in [5, 5.41) is 15.2.